The standard InChI is InChI=1S/C11H13N5O4S2.Na/c1-4(17)6-8(18)16-7(10(19)20)5(22-9(6)16)3-21-11-12-13-14-15(11)2;/h4,6,9,17H,3H2,1-2H3,(H,19,20);/q;+1/p-1/t4-,6+,9-;/m1./s1. The second-order valence-corrected chi connectivity index (χ2v) is 7.07. The molecule has 0 saturated carbocycles. The predicted molar refractivity (Wildman–Crippen MR) is 75.0 cm³/mol. The fourth-order valence-corrected chi connectivity index (χ4v) is 4.97. The van der Waals surface area contributed by atoms with Crippen LogP contribution in [0.5, 0.6) is 0 Å². The number of carbonyl (C=O) groups is 2. The van der Waals surface area contributed by atoms with E-state index in [1.165, 1.54) is 40.0 Å². The van der Waals surface area contributed by atoms with Gasteiger partial charge in [-0.3, -0.25) is 9.69 Å². The van der Waals surface area contributed by atoms with Crippen LogP contribution in [0.25, 0.3) is 0 Å². The van der Waals surface area contributed by atoms with Crippen LogP contribution in [0.3, 0.4) is 0 Å². The first-order valence-corrected chi connectivity index (χ1v) is 8.25. The molecule has 3 atom stereocenters. The van der Waals surface area contributed by atoms with Gasteiger partial charge < -0.3 is 15.0 Å². The van der Waals surface area contributed by atoms with Crippen LogP contribution >= 0.6 is 23.5 Å². The van der Waals surface area contributed by atoms with Crippen LogP contribution in [0.4, 0.5) is 0 Å². The number of thioether (sulfide) groups is 2. The number of aromatic nitrogens is 4. The first-order valence-electron chi connectivity index (χ1n) is 6.39. The van der Waals surface area contributed by atoms with E-state index in [-0.39, 0.29) is 46.5 Å². The van der Waals surface area contributed by atoms with E-state index in [0.717, 1.165) is 0 Å². The summed E-state index contributed by atoms with van der Waals surface area (Å²) < 4.78 is 1.47. The molecule has 23 heavy (non-hydrogen) atoms. The molecule has 9 nitrogen and oxygen atoms in total. The van der Waals surface area contributed by atoms with Crippen molar-refractivity contribution < 1.29 is 49.4 Å². The number of hydrogen-bond donors (Lipinski definition) is 1. The summed E-state index contributed by atoms with van der Waals surface area (Å²) in [7, 11) is 1.68. The minimum absolute atomic E-state index is 0. The zero-order valence-electron chi connectivity index (χ0n) is 12.7. The predicted octanol–water partition coefficient (Wildman–Crippen LogP) is -4.82. The molecule has 3 rings (SSSR count). The van der Waals surface area contributed by atoms with Crippen molar-refractivity contribution in [2.45, 2.75) is 23.6 Å². The van der Waals surface area contributed by atoms with E-state index >= 15 is 0 Å². The van der Waals surface area contributed by atoms with Crippen LogP contribution in [0, 0.1) is 5.92 Å². The van der Waals surface area contributed by atoms with Gasteiger partial charge in [0.15, 0.2) is 0 Å². The van der Waals surface area contributed by atoms with Gasteiger partial charge in [-0.1, -0.05) is 11.8 Å². The SMILES string of the molecule is C[C@@H](O)[C@H]1C(=O)N2C(C(=O)[O-])=C(CSc3nnnn3C)S[C@H]12.[Na+]. The van der Waals surface area contributed by atoms with Gasteiger partial charge in [0, 0.05) is 17.7 Å². The van der Waals surface area contributed by atoms with Crippen LogP contribution < -0.4 is 34.7 Å². The summed E-state index contributed by atoms with van der Waals surface area (Å²) in [6.07, 6.45) is -0.820. The van der Waals surface area contributed by atoms with Gasteiger partial charge in [-0.15, -0.1) is 16.9 Å². The number of tetrazole rings is 1. The Balaban J connectivity index is 0.00000192. The van der Waals surface area contributed by atoms with Gasteiger partial charge in [0.2, 0.25) is 11.1 Å². The molecule has 3 heterocycles. The minimum Gasteiger partial charge on any atom is -0.543 e. The summed E-state index contributed by atoms with van der Waals surface area (Å²) in [5.74, 6) is -2.04. The monoisotopic (exact) mass is 365 g/mol. The van der Waals surface area contributed by atoms with Gasteiger partial charge in [0.25, 0.3) is 0 Å². The summed E-state index contributed by atoms with van der Waals surface area (Å²) in [5, 5.41) is 32.2. The number of amides is 1. The number of aliphatic carboxylic acids is 1. The number of fused-ring (bicyclic) bond motifs is 1. The zero-order chi connectivity index (χ0) is 16.0. The third-order valence-corrected chi connectivity index (χ3v) is 6.07. The van der Waals surface area contributed by atoms with Crippen molar-refractivity contribution in [3.8, 4) is 0 Å². The minimum atomic E-state index is -1.39. The fraction of sp³-hybridized carbons (Fsp3) is 0.545. The number of rotatable bonds is 5. The summed E-state index contributed by atoms with van der Waals surface area (Å²) in [4.78, 5) is 25.1. The summed E-state index contributed by atoms with van der Waals surface area (Å²) >= 11 is 2.54. The average molecular weight is 365 g/mol. The Bertz CT molecular complexity index is 679. The van der Waals surface area contributed by atoms with Crippen molar-refractivity contribution in [2.24, 2.45) is 13.0 Å². The molecule has 1 fully saturated rings. The first-order chi connectivity index (χ1) is 10.4. The normalized spacial score (nSPS) is 24.1. The quantitative estimate of drug-likeness (QED) is 0.311. The molecule has 0 aromatic carbocycles. The van der Waals surface area contributed by atoms with E-state index in [9.17, 15) is 19.8 Å². The van der Waals surface area contributed by atoms with Crippen molar-refractivity contribution in [3.63, 3.8) is 0 Å². The van der Waals surface area contributed by atoms with Gasteiger partial charge in [0.1, 0.15) is 5.37 Å². The second-order valence-electron chi connectivity index (χ2n) is 4.92. The molecular weight excluding hydrogens is 353 g/mol. The molecule has 118 valence electrons. The third kappa shape index (κ3) is 3.17. The topological polar surface area (TPSA) is 124 Å². The summed E-state index contributed by atoms with van der Waals surface area (Å²) in [6, 6.07) is 0. The van der Waals surface area contributed by atoms with Crippen molar-refractivity contribution in [3.05, 3.63) is 10.6 Å². The Kier molecular flexibility index (Phi) is 5.80. The molecule has 1 aromatic rings. The molecule has 1 N–H and O–H groups in total. The Hall–Kier alpha value is -0.590. The second kappa shape index (κ2) is 7.11. The third-order valence-electron chi connectivity index (χ3n) is 3.48. The maximum Gasteiger partial charge on any atom is 1.00 e. The number of β-lactam (4-membered cyclic amide) rings is 1. The Morgan fingerprint density at radius 1 is 1.57 bits per heavy atom. The molecule has 0 unspecified atom stereocenters. The van der Waals surface area contributed by atoms with E-state index in [1.54, 1.807) is 7.05 Å². The van der Waals surface area contributed by atoms with Crippen LogP contribution in [-0.2, 0) is 16.6 Å². The van der Waals surface area contributed by atoms with Gasteiger partial charge in [-0.25, -0.2) is 4.68 Å². The molecule has 1 aromatic heterocycles. The van der Waals surface area contributed by atoms with E-state index in [2.05, 4.69) is 15.5 Å². The van der Waals surface area contributed by atoms with Crippen molar-refractivity contribution >= 4 is 35.4 Å². The molecule has 1 saturated heterocycles. The Morgan fingerprint density at radius 2 is 2.26 bits per heavy atom. The molecule has 2 aliphatic heterocycles. The van der Waals surface area contributed by atoms with Crippen molar-refractivity contribution in [1.29, 1.82) is 0 Å². The number of aliphatic hydroxyl groups is 1. The number of aryl methyl sites for hydroxylation is 1. The molecular formula is C11H12N5NaO4S2. The van der Waals surface area contributed by atoms with Crippen LogP contribution in [0.1, 0.15) is 6.92 Å². The molecule has 0 bridgehead atoms. The molecule has 0 radical (unpaired) electrons. The van der Waals surface area contributed by atoms with E-state index < -0.39 is 18.0 Å². The van der Waals surface area contributed by atoms with Gasteiger partial charge in [-0.2, -0.15) is 0 Å². The first kappa shape index (κ1) is 18.7. The number of hydrogen-bond acceptors (Lipinski definition) is 9. The number of aliphatic hydroxyl groups excluding tert-OH is 1. The van der Waals surface area contributed by atoms with Crippen molar-refractivity contribution in [2.75, 3.05) is 5.75 Å². The summed E-state index contributed by atoms with van der Waals surface area (Å²) in [5.41, 5.74) is -0.112. The number of nitrogens with zero attached hydrogens (tertiary/aromatic N) is 5. The number of carboxylic acid groups (broad SMARTS) is 1. The Labute approximate surface area is 162 Å². The van der Waals surface area contributed by atoms with Gasteiger partial charge in [0.05, 0.1) is 23.7 Å². The molecule has 1 amide bonds. The molecule has 0 spiro atoms. The van der Waals surface area contributed by atoms with E-state index in [4.69, 9.17) is 0 Å². The number of carbonyl (C=O) groups excluding carboxylic acids is 2. The van der Waals surface area contributed by atoms with E-state index in [1.807, 2.05) is 0 Å². The van der Waals surface area contributed by atoms with Crippen molar-refractivity contribution in [1.82, 2.24) is 25.1 Å². The molecule has 2 aliphatic rings. The maximum absolute atomic E-state index is 12.0. The van der Waals surface area contributed by atoms with Crippen LogP contribution in [0.15, 0.2) is 15.8 Å². The molecule has 12 heteroatoms. The van der Waals surface area contributed by atoms with Gasteiger partial charge >= 0.3 is 29.6 Å². The fourth-order valence-electron chi connectivity index (χ4n) is 2.42. The largest absolute Gasteiger partial charge is 1.00 e. The van der Waals surface area contributed by atoms with Crippen LogP contribution in [-0.4, -0.2) is 59.3 Å². The smallest absolute Gasteiger partial charge is 0.543 e. The maximum atomic E-state index is 12.0. The molecule has 0 aliphatic carbocycles. The van der Waals surface area contributed by atoms with Gasteiger partial charge in [-0.05, 0) is 17.4 Å². The van der Waals surface area contributed by atoms with Crippen LogP contribution in [0.2, 0.25) is 0 Å². The number of carboxylic acids is 1. The van der Waals surface area contributed by atoms with E-state index in [0.29, 0.717) is 15.8 Å². The summed E-state index contributed by atoms with van der Waals surface area (Å²) in [6.45, 7) is 1.52. The Morgan fingerprint density at radius 3 is 2.78 bits per heavy atom. The average Bonchev–Trinajstić information content (AvgIpc) is 2.97. The zero-order valence-corrected chi connectivity index (χ0v) is 16.3.